The van der Waals surface area contributed by atoms with Crippen molar-refractivity contribution in [2.75, 3.05) is 19.7 Å². The summed E-state index contributed by atoms with van der Waals surface area (Å²) in [5, 5.41) is 0. The van der Waals surface area contributed by atoms with Crippen LogP contribution in [-0.4, -0.2) is 36.6 Å². The first kappa shape index (κ1) is 9.52. The normalized spacial score (nSPS) is 23.3. The van der Waals surface area contributed by atoms with Gasteiger partial charge in [-0.25, -0.2) is 0 Å². The molecule has 12 heavy (non-hydrogen) atoms. The minimum atomic E-state index is -0.0443. The summed E-state index contributed by atoms with van der Waals surface area (Å²) in [7, 11) is 0. The highest BCUT2D eigenvalue weighted by Crippen LogP contribution is 2.18. The van der Waals surface area contributed by atoms with Crippen LogP contribution < -0.4 is 0 Å². The molecule has 3 nitrogen and oxygen atoms in total. The number of rotatable bonds is 4. The molecule has 0 radical (unpaired) electrons. The number of hydrogen-bond donors (Lipinski definition) is 0. The number of ether oxygens (including phenoxy) is 1. The molecule has 1 heterocycles. The topological polar surface area (TPSA) is 29.5 Å². The van der Waals surface area contributed by atoms with Crippen molar-refractivity contribution in [2.45, 2.75) is 32.7 Å². The standard InChI is InChI=1S/C9H17NO2/c1-3-6-10-7-5-8(10)9(11)12-4-2/h8H,3-7H2,1-2H3/t8-/m0/s1. The van der Waals surface area contributed by atoms with Gasteiger partial charge in [0.25, 0.3) is 0 Å². The van der Waals surface area contributed by atoms with Crippen molar-refractivity contribution in [3.63, 3.8) is 0 Å². The molecule has 0 saturated carbocycles. The average Bonchev–Trinajstić information content (AvgIpc) is 1.98. The van der Waals surface area contributed by atoms with E-state index in [1.54, 1.807) is 0 Å². The Balaban J connectivity index is 2.27. The predicted molar refractivity (Wildman–Crippen MR) is 46.9 cm³/mol. The van der Waals surface area contributed by atoms with E-state index in [0.29, 0.717) is 6.61 Å². The van der Waals surface area contributed by atoms with Crippen LogP contribution in [0.3, 0.4) is 0 Å². The molecule has 0 aliphatic carbocycles. The third-order valence-corrected chi connectivity index (χ3v) is 2.20. The molecule has 0 unspecified atom stereocenters. The summed E-state index contributed by atoms with van der Waals surface area (Å²) in [5.41, 5.74) is 0. The fraction of sp³-hybridized carbons (Fsp3) is 0.889. The molecule has 0 aromatic rings. The number of likely N-dealkylation sites (tertiary alicyclic amines) is 1. The van der Waals surface area contributed by atoms with E-state index < -0.39 is 0 Å². The number of carbonyl (C=O) groups is 1. The second-order valence-electron chi connectivity index (χ2n) is 3.09. The van der Waals surface area contributed by atoms with Gasteiger partial charge in [0.2, 0.25) is 0 Å². The molecular formula is C9H17NO2. The maximum atomic E-state index is 11.2. The Bertz CT molecular complexity index is 159. The molecule has 1 atom stereocenters. The molecule has 0 amide bonds. The average molecular weight is 171 g/mol. The zero-order valence-corrected chi connectivity index (χ0v) is 7.88. The van der Waals surface area contributed by atoms with Crippen LogP contribution in [0, 0.1) is 0 Å². The van der Waals surface area contributed by atoms with Crippen LogP contribution in [0.1, 0.15) is 26.7 Å². The van der Waals surface area contributed by atoms with Crippen molar-refractivity contribution in [2.24, 2.45) is 0 Å². The second kappa shape index (κ2) is 4.45. The lowest BCUT2D eigenvalue weighted by Gasteiger charge is -2.38. The Morgan fingerprint density at radius 1 is 1.58 bits per heavy atom. The van der Waals surface area contributed by atoms with Gasteiger partial charge in [-0.3, -0.25) is 9.69 Å². The Hall–Kier alpha value is -0.570. The van der Waals surface area contributed by atoms with E-state index in [9.17, 15) is 4.79 Å². The van der Waals surface area contributed by atoms with Gasteiger partial charge in [-0.15, -0.1) is 0 Å². The first-order chi connectivity index (χ1) is 5.79. The molecule has 0 N–H and O–H groups in total. The largest absolute Gasteiger partial charge is 0.465 e. The summed E-state index contributed by atoms with van der Waals surface area (Å²) in [6, 6.07) is 0.0601. The minimum absolute atomic E-state index is 0.0443. The van der Waals surface area contributed by atoms with Crippen LogP contribution in [0.25, 0.3) is 0 Å². The maximum absolute atomic E-state index is 11.2. The fourth-order valence-corrected chi connectivity index (χ4v) is 1.50. The highest BCUT2D eigenvalue weighted by Gasteiger charge is 2.34. The molecular weight excluding hydrogens is 154 g/mol. The van der Waals surface area contributed by atoms with Gasteiger partial charge in [-0.1, -0.05) is 6.92 Å². The van der Waals surface area contributed by atoms with Crippen molar-refractivity contribution in [1.29, 1.82) is 0 Å². The molecule has 1 rings (SSSR count). The van der Waals surface area contributed by atoms with E-state index >= 15 is 0 Å². The fourth-order valence-electron chi connectivity index (χ4n) is 1.50. The van der Waals surface area contributed by atoms with Crippen LogP contribution in [0.2, 0.25) is 0 Å². The summed E-state index contributed by atoms with van der Waals surface area (Å²) >= 11 is 0. The molecule has 0 aromatic carbocycles. The van der Waals surface area contributed by atoms with Crippen LogP contribution in [0.4, 0.5) is 0 Å². The van der Waals surface area contributed by atoms with E-state index in [4.69, 9.17) is 4.74 Å². The van der Waals surface area contributed by atoms with Gasteiger partial charge >= 0.3 is 5.97 Å². The van der Waals surface area contributed by atoms with Gasteiger partial charge in [0.1, 0.15) is 6.04 Å². The molecule has 1 fully saturated rings. The smallest absolute Gasteiger partial charge is 0.323 e. The summed E-state index contributed by atoms with van der Waals surface area (Å²) in [5.74, 6) is -0.0443. The molecule has 1 aliphatic rings. The Labute approximate surface area is 73.7 Å². The van der Waals surface area contributed by atoms with Crippen LogP contribution in [-0.2, 0) is 9.53 Å². The van der Waals surface area contributed by atoms with Gasteiger partial charge in [-0.2, -0.15) is 0 Å². The van der Waals surface area contributed by atoms with Gasteiger partial charge in [-0.05, 0) is 26.3 Å². The highest BCUT2D eigenvalue weighted by atomic mass is 16.5. The maximum Gasteiger partial charge on any atom is 0.323 e. The lowest BCUT2D eigenvalue weighted by Crippen LogP contribution is -2.53. The van der Waals surface area contributed by atoms with Crippen molar-refractivity contribution < 1.29 is 9.53 Å². The third-order valence-electron chi connectivity index (χ3n) is 2.20. The number of nitrogens with zero attached hydrogens (tertiary/aromatic N) is 1. The van der Waals surface area contributed by atoms with Crippen LogP contribution >= 0.6 is 0 Å². The zero-order valence-electron chi connectivity index (χ0n) is 7.88. The first-order valence-electron chi connectivity index (χ1n) is 4.70. The minimum Gasteiger partial charge on any atom is -0.465 e. The molecule has 70 valence electrons. The third kappa shape index (κ3) is 1.97. The molecule has 1 saturated heterocycles. The summed E-state index contributed by atoms with van der Waals surface area (Å²) in [6.07, 6.45) is 2.08. The van der Waals surface area contributed by atoms with E-state index in [0.717, 1.165) is 25.9 Å². The van der Waals surface area contributed by atoms with Crippen molar-refractivity contribution >= 4 is 5.97 Å². The van der Waals surface area contributed by atoms with Crippen LogP contribution in [0.5, 0.6) is 0 Å². The highest BCUT2D eigenvalue weighted by molar-refractivity contribution is 5.76. The van der Waals surface area contributed by atoms with Gasteiger partial charge in [0, 0.05) is 6.54 Å². The van der Waals surface area contributed by atoms with Gasteiger partial charge in [0.15, 0.2) is 0 Å². The Morgan fingerprint density at radius 2 is 2.33 bits per heavy atom. The number of hydrogen-bond acceptors (Lipinski definition) is 3. The van der Waals surface area contributed by atoms with Crippen LogP contribution in [0.15, 0.2) is 0 Å². The summed E-state index contributed by atoms with van der Waals surface area (Å²) in [4.78, 5) is 13.4. The summed E-state index contributed by atoms with van der Waals surface area (Å²) in [6.45, 7) is 6.54. The lowest BCUT2D eigenvalue weighted by molar-refractivity contribution is -0.154. The molecule has 3 heteroatoms. The summed E-state index contributed by atoms with van der Waals surface area (Å²) < 4.78 is 4.94. The number of esters is 1. The van der Waals surface area contributed by atoms with E-state index in [2.05, 4.69) is 11.8 Å². The van der Waals surface area contributed by atoms with Gasteiger partial charge in [0.05, 0.1) is 6.61 Å². The quantitative estimate of drug-likeness (QED) is 0.592. The Kier molecular flexibility index (Phi) is 3.53. The van der Waals surface area contributed by atoms with Crippen molar-refractivity contribution in [1.82, 2.24) is 4.90 Å². The van der Waals surface area contributed by atoms with E-state index in [1.165, 1.54) is 0 Å². The van der Waals surface area contributed by atoms with Gasteiger partial charge < -0.3 is 4.74 Å². The first-order valence-corrected chi connectivity index (χ1v) is 4.70. The SMILES string of the molecule is CCCN1CC[C@H]1C(=O)OCC. The van der Waals surface area contributed by atoms with Crippen molar-refractivity contribution in [3.05, 3.63) is 0 Å². The zero-order chi connectivity index (χ0) is 8.97. The molecule has 0 aromatic heterocycles. The predicted octanol–water partition coefficient (Wildman–Crippen LogP) is 1.03. The van der Waals surface area contributed by atoms with Crippen molar-refractivity contribution in [3.8, 4) is 0 Å². The monoisotopic (exact) mass is 171 g/mol. The Morgan fingerprint density at radius 3 is 2.75 bits per heavy atom. The number of carbonyl (C=O) groups excluding carboxylic acids is 1. The molecule has 0 bridgehead atoms. The van der Waals surface area contributed by atoms with E-state index in [-0.39, 0.29) is 12.0 Å². The molecule has 0 spiro atoms. The molecule has 1 aliphatic heterocycles. The second-order valence-corrected chi connectivity index (χ2v) is 3.09. The lowest BCUT2D eigenvalue weighted by atomic mass is 10.0. The van der Waals surface area contributed by atoms with E-state index in [1.807, 2.05) is 6.92 Å².